The van der Waals surface area contributed by atoms with Crippen LogP contribution in [0.5, 0.6) is 0 Å². The summed E-state index contributed by atoms with van der Waals surface area (Å²) in [5, 5.41) is 4.03. The topological polar surface area (TPSA) is 24.9 Å². The normalized spacial score (nSPS) is 31.1. The van der Waals surface area contributed by atoms with Crippen LogP contribution in [0.4, 0.5) is 4.39 Å². The first-order chi connectivity index (χ1) is 7.66. The lowest BCUT2D eigenvalue weighted by atomic mass is 10.1. The molecule has 2 nitrogen and oxygen atoms in total. The van der Waals surface area contributed by atoms with Crippen molar-refractivity contribution in [3.63, 3.8) is 0 Å². The van der Waals surface area contributed by atoms with Gasteiger partial charge >= 0.3 is 0 Å². The van der Waals surface area contributed by atoms with E-state index in [0.29, 0.717) is 11.3 Å². The van der Waals surface area contributed by atoms with Crippen molar-refractivity contribution in [1.29, 1.82) is 0 Å². The summed E-state index contributed by atoms with van der Waals surface area (Å²) in [5.74, 6) is 0.901. The van der Waals surface area contributed by atoms with Crippen molar-refractivity contribution in [1.82, 2.24) is 10.3 Å². The van der Waals surface area contributed by atoms with Gasteiger partial charge in [0.05, 0.1) is 17.9 Å². The van der Waals surface area contributed by atoms with E-state index in [0.717, 1.165) is 5.69 Å². The maximum absolute atomic E-state index is 12.8. The van der Waals surface area contributed by atoms with Crippen LogP contribution in [-0.2, 0) is 0 Å². The van der Waals surface area contributed by atoms with Crippen LogP contribution in [0, 0.1) is 5.82 Å². The van der Waals surface area contributed by atoms with Gasteiger partial charge in [-0.1, -0.05) is 6.92 Å². The summed E-state index contributed by atoms with van der Waals surface area (Å²) in [6.45, 7) is 4.39. The standard InChI is InChI=1S/C12H17FN2S/c1-8-5-6-16-9(2)12(15-8)11-4-3-10(13)7-14-11/h3-4,7-9,12,15H,5-6H2,1-2H3. The van der Waals surface area contributed by atoms with Gasteiger partial charge in [0.2, 0.25) is 0 Å². The fourth-order valence-electron chi connectivity index (χ4n) is 1.95. The molecule has 1 aromatic rings. The lowest BCUT2D eigenvalue weighted by Crippen LogP contribution is -2.33. The number of nitrogens with zero attached hydrogens (tertiary/aromatic N) is 1. The molecule has 0 aromatic carbocycles. The number of hydrogen-bond donors (Lipinski definition) is 1. The highest BCUT2D eigenvalue weighted by atomic mass is 32.2. The highest BCUT2D eigenvalue weighted by molar-refractivity contribution is 7.99. The first-order valence-corrected chi connectivity index (χ1v) is 6.71. The van der Waals surface area contributed by atoms with Crippen molar-refractivity contribution in [3.05, 3.63) is 29.8 Å². The number of nitrogens with one attached hydrogen (secondary N) is 1. The van der Waals surface area contributed by atoms with E-state index in [9.17, 15) is 4.39 Å². The van der Waals surface area contributed by atoms with Crippen LogP contribution in [0.3, 0.4) is 0 Å². The van der Waals surface area contributed by atoms with Crippen LogP contribution in [0.25, 0.3) is 0 Å². The highest BCUT2D eigenvalue weighted by Gasteiger charge is 2.25. The van der Waals surface area contributed by atoms with E-state index in [1.54, 1.807) is 6.07 Å². The van der Waals surface area contributed by atoms with Gasteiger partial charge in [-0.05, 0) is 31.2 Å². The van der Waals surface area contributed by atoms with Gasteiger partial charge in [-0.15, -0.1) is 0 Å². The van der Waals surface area contributed by atoms with Gasteiger partial charge in [-0.25, -0.2) is 4.39 Å². The second-order valence-corrected chi connectivity index (χ2v) is 5.80. The molecular formula is C12H17FN2S. The number of halogens is 1. The third-order valence-corrected chi connectivity index (χ3v) is 4.20. The van der Waals surface area contributed by atoms with E-state index in [4.69, 9.17) is 0 Å². The summed E-state index contributed by atoms with van der Waals surface area (Å²) in [6.07, 6.45) is 2.47. The number of hydrogen-bond acceptors (Lipinski definition) is 3. The van der Waals surface area contributed by atoms with Crippen LogP contribution in [0.1, 0.15) is 32.0 Å². The van der Waals surface area contributed by atoms with Crippen LogP contribution in [0.2, 0.25) is 0 Å². The van der Waals surface area contributed by atoms with E-state index < -0.39 is 0 Å². The molecule has 4 heteroatoms. The fourth-order valence-corrected chi connectivity index (χ4v) is 3.22. The predicted octanol–water partition coefficient (Wildman–Crippen LogP) is 2.77. The van der Waals surface area contributed by atoms with Crippen LogP contribution >= 0.6 is 11.8 Å². The monoisotopic (exact) mass is 240 g/mol. The van der Waals surface area contributed by atoms with E-state index >= 15 is 0 Å². The largest absolute Gasteiger partial charge is 0.305 e. The highest BCUT2D eigenvalue weighted by Crippen LogP contribution is 2.29. The minimum Gasteiger partial charge on any atom is -0.305 e. The molecule has 0 amide bonds. The Morgan fingerprint density at radius 1 is 1.44 bits per heavy atom. The van der Waals surface area contributed by atoms with E-state index in [-0.39, 0.29) is 11.9 Å². The van der Waals surface area contributed by atoms with Gasteiger partial charge in [-0.2, -0.15) is 11.8 Å². The van der Waals surface area contributed by atoms with Crippen molar-refractivity contribution < 1.29 is 4.39 Å². The van der Waals surface area contributed by atoms with Crippen molar-refractivity contribution in [2.45, 2.75) is 37.6 Å². The summed E-state index contributed by atoms with van der Waals surface area (Å²) < 4.78 is 12.8. The molecular weight excluding hydrogens is 223 g/mol. The number of thioether (sulfide) groups is 1. The molecule has 3 atom stereocenters. The number of rotatable bonds is 1. The first-order valence-electron chi connectivity index (χ1n) is 5.66. The average Bonchev–Trinajstić information content (AvgIpc) is 2.42. The Morgan fingerprint density at radius 3 is 2.94 bits per heavy atom. The summed E-state index contributed by atoms with van der Waals surface area (Å²) >= 11 is 1.95. The molecule has 0 saturated carbocycles. The molecule has 16 heavy (non-hydrogen) atoms. The SMILES string of the molecule is CC1CCSC(C)C(c2ccc(F)cn2)N1. The molecule has 1 aliphatic rings. The predicted molar refractivity (Wildman–Crippen MR) is 66.1 cm³/mol. The molecule has 1 fully saturated rings. The molecule has 0 spiro atoms. The molecule has 1 saturated heterocycles. The number of pyridine rings is 1. The van der Waals surface area contributed by atoms with Gasteiger partial charge in [0.25, 0.3) is 0 Å². The first kappa shape index (κ1) is 11.9. The average molecular weight is 240 g/mol. The zero-order valence-electron chi connectivity index (χ0n) is 9.61. The minimum absolute atomic E-state index is 0.225. The molecule has 0 radical (unpaired) electrons. The van der Waals surface area contributed by atoms with E-state index in [1.165, 1.54) is 24.4 Å². The van der Waals surface area contributed by atoms with Crippen molar-refractivity contribution in [2.24, 2.45) is 0 Å². The zero-order chi connectivity index (χ0) is 11.5. The summed E-state index contributed by atoms with van der Waals surface area (Å²) in [4.78, 5) is 4.18. The van der Waals surface area contributed by atoms with Gasteiger partial charge < -0.3 is 5.32 Å². The second kappa shape index (κ2) is 5.15. The third kappa shape index (κ3) is 2.74. The summed E-state index contributed by atoms with van der Waals surface area (Å²) in [5.41, 5.74) is 0.940. The van der Waals surface area contributed by atoms with Crippen LogP contribution in [0.15, 0.2) is 18.3 Å². The molecule has 1 aliphatic heterocycles. The van der Waals surface area contributed by atoms with E-state index in [2.05, 4.69) is 24.1 Å². The lowest BCUT2D eigenvalue weighted by molar-refractivity contribution is 0.447. The molecule has 0 bridgehead atoms. The number of aromatic nitrogens is 1. The van der Waals surface area contributed by atoms with Gasteiger partial charge in [0, 0.05) is 11.3 Å². The van der Waals surface area contributed by atoms with Crippen LogP contribution < -0.4 is 5.32 Å². The summed E-state index contributed by atoms with van der Waals surface area (Å²) in [6, 6.07) is 3.98. The molecule has 1 N–H and O–H groups in total. The smallest absolute Gasteiger partial charge is 0.141 e. The Bertz CT molecular complexity index is 341. The lowest BCUT2D eigenvalue weighted by Gasteiger charge is -2.23. The third-order valence-electron chi connectivity index (χ3n) is 2.93. The molecule has 2 rings (SSSR count). The molecule has 3 unspecified atom stereocenters. The van der Waals surface area contributed by atoms with Crippen molar-refractivity contribution >= 4 is 11.8 Å². The van der Waals surface area contributed by atoms with Crippen LogP contribution in [-0.4, -0.2) is 22.0 Å². The molecule has 1 aromatic heterocycles. The Labute approximate surface area is 100 Å². The molecule has 2 heterocycles. The minimum atomic E-state index is -0.272. The van der Waals surface area contributed by atoms with Gasteiger partial charge in [0.15, 0.2) is 0 Å². The quantitative estimate of drug-likeness (QED) is 0.817. The Morgan fingerprint density at radius 2 is 2.25 bits per heavy atom. The van der Waals surface area contributed by atoms with Crippen molar-refractivity contribution in [3.8, 4) is 0 Å². The van der Waals surface area contributed by atoms with E-state index in [1.807, 2.05) is 11.8 Å². The maximum atomic E-state index is 12.8. The summed E-state index contributed by atoms with van der Waals surface area (Å²) in [7, 11) is 0. The Kier molecular flexibility index (Phi) is 3.82. The molecule has 0 aliphatic carbocycles. The van der Waals surface area contributed by atoms with Crippen molar-refractivity contribution in [2.75, 3.05) is 5.75 Å². The van der Waals surface area contributed by atoms with Gasteiger partial charge in [-0.3, -0.25) is 4.98 Å². The Hall–Kier alpha value is -0.610. The second-order valence-electron chi connectivity index (χ2n) is 4.31. The molecule has 88 valence electrons. The maximum Gasteiger partial charge on any atom is 0.141 e. The Balaban J connectivity index is 2.19. The zero-order valence-corrected chi connectivity index (χ0v) is 10.4. The van der Waals surface area contributed by atoms with Gasteiger partial charge in [0.1, 0.15) is 5.82 Å². The fraction of sp³-hybridized carbons (Fsp3) is 0.583.